The van der Waals surface area contributed by atoms with Gasteiger partial charge in [0.05, 0.1) is 6.61 Å². The summed E-state index contributed by atoms with van der Waals surface area (Å²) in [5.41, 5.74) is 3.39. The normalized spacial score (nSPS) is 8.71. The van der Waals surface area contributed by atoms with Crippen molar-refractivity contribution in [1.82, 2.24) is 0 Å². The van der Waals surface area contributed by atoms with Gasteiger partial charge in [-0.2, -0.15) is 0 Å². The highest BCUT2D eigenvalue weighted by Gasteiger charge is 1.95. The van der Waals surface area contributed by atoms with Crippen LogP contribution >= 0.6 is 0 Å². The molecular formula is C13H18O. The lowest BCUT2D eigenvalue weighted by atomic mass is 10.0. The summed E-state index contributed by atoms with van der Waals surface area (Å²) in [6.45, 7) is 11.8. The van der Waals surface area contributed by atoms with Crippen LogP contribution in [0, 0.1) is 6.92 Å². The average molecular weight is 190 g/mol. The van der Waals surface area contributed by atoms with Crippen molar-refractivity contribution in [2.75, 3.05) is 0 Å². The quantitative estimate of drug-likeness (QED) is 0.726. The van der Waals surface area contributed by atoms with Crippen molar-refractivity contribution >= 4 is 0 Å². The summed E-state index contributed by atoms with van der Waals surface area (Å²) in [6, 6.07) is 6.11. The molecule has 0 fully saturated rings. The van der Waals surface area contributed by atoms with Gasteiger partial charge in [0.1, 0.15) is 0 Å². The molecule has 1 aromatic carbocycles. The molecule has 76 valence electrons. The molecular weight excluding hydrogens is 172 g/mol. The van der Waals surface area contributed by atoms with Gasteiger partial charge in [-0.1, -0.05) is 29.8 Å². The Morgan fingerprint density at radius 3 is 2.29 bits per heavy atom. The summed E-state index contributed by atoms with van der Waals surface area (Å²) in [4.78, 5) is 0. The molecule has 0 aliphatic carbocycles. The van der Waals surface area contributed by atoms with Crippen molar-refractivity contribution in [2.24, 2.45) is 0 Å². The van der Waals surface area contributed by atoms with Gasteiger partial charge in [0.15, 0.2) is 0 Å². The Kier molecular flexibility index (Phi) is 6.42. The van der Waals surface area contributed by atoms with E-state index >= 15 is 0 Å². The van der Waals surface area contributed by atoms with Crippen molar-refractivity contribution in [1.29, 1.82) is 0 Å². The molecule has 14 heavy (non-hydrogen) atoms. The predicted octanol–water partition coefficient (Wildman–Crippen LogP) is 3.02. The van der Waals surface area contributed by atoms with E-state index in [4.69, 9.17) is 5.11 Å². The Labute approximate surface area is 86.4 Å². The molecule has 1 nitrogen and oxygen atoms in total. The first-order valence-electron chi connectivity index (χ1n) is 4.57. The molecule has 1 heteroatoms. The van der Waals surface area contributed by atoms with Crippen LogP contribution in [0.25, 0.3) is 0 Å². The molecule has 0 unspecified atom stereocenters. The summed E-state index contributed by atoms with van der Waals surface area (Å²) < 4.78 is 0. The van der Waals surface area contributed by atoms with Gasteiger partial charge >= 0.3 is 0 Å². The van der Waals surface area contributed by atoms with E-state index in [-0.39, 0.29) is 6.61 Å². The second-order valence-electron chi connectivity index (χ2n) is 2.98. The monoisotopic (exact) mass is 190 g/mol. The highest BCUT2D eigenvalue weighted by atomic mass is 16.3. The maximum atomic E-state index is 8.93. The minimum absolute atomic E-state index is 0.117. The number of allylic oxidation sites excluding steroid dienone is 1. The highest BCUT2D eigenvalue weighted by Crippen LogP contribution is 2.10. The van der Waals surface area contributed by atoms with Gasteiger partial charge in [0.25, 0.3) is 0 Å². The largest absolute Gasteiger partial charge is 0.392 e. The zero-order valence-electron chi connectivity index (χ0n) is 8.79. The lowest BCUT2D eigenvalue weighted by Gasteiger charge is -2.02. The molecule has 1 N–H and O–H groups in total. The van der Waals surface area contributed by atoms with E-state index in [0.717, 1.165) is 12.0 Å². The molecule has 0 spiro atoms. The van der Waals surface area contributed by atoms with Crippen molar-refractivity contribution < 1.29 is 5.11 Å². The Hall–Kier alpha value is -1.34. The Bertz CT molecular complexity index is 289. The van der Waals surface area contributed by atoms with Crippen LogP contribution in [0.15, 0.2) is 44.0 Å². The number of benzene rings is 1. The van der Waals surface area contributed by atoms with Gasteiger partial charge in [-0.3, -0.25) is 0 Å². The van der Waals surface area contributed by atoms with Gasteiger partial charge in [-0.05, 0) is 24.5 Å². The SMILES string of the molecule is C=C.C=CCc1cc(C)cc(CO)c1. The fourth-order valence-corrected chi connectivity index (χ4v) is 1.32. The summed E-state index contributed by atoms with van der Waals surface area (Å²) in [5, 5.41) is 8.93. The first-order valence-corrected chi connectivity index (χ1v) is 4.57. The third kappa shape index (κ3) is 4.06. The minimum atomic E-state index is 0.117. The molecule has 0 aliphatic rings. The molecule has 0 atom stereocenters. The standard InChI is InChI=1S/C11H14O.C2H4/c1-3-4-10-5-9(2)6-11(7-10)8-12;1-2/h3,5-7,12H,1,4,8H2,2H3;1-2H2. The maximum absolute atomic E-state index is 8.93. The molecule has 0 saturated carbocycles. The van der Waals surface area contributed by atoms with Gasteiger partial charge in [0, 0.05) is 0 Å². The van der Waals surface area contributed by atoms with Crippen LogP contribution in [-0.4, -0.2) is 5.11 Å². The van der Waals surface area contributed by atoms with Gasteiger partial charge < -0.3 is 5.11 Å². The molecule has 0 bridgehead atoms. The molecule has 1 aromatic rings. The van der Waals surface area contributed by atoms with E-state index < -0.39 is 0 Å². The van der Waals surface area contributed by atoms with Gasteiger partial charge in [0.2, 0.25) is 0 Å². The van der Waals surface area contributed by atoms with E-state index in [1.54, 1.807) is 0 Å². The van der Waals surface area contributed by atoms with Crippen LogP contribution in [0.2, 0.25) is 0 Å². The number of hydrogen-bond donors (Lipinski definition) is 1. The van der Waals surface area contributed by atoms with Crippen LogP contribution in [0.5, 0.6) is 0 Å². The summed E-state index contributed by atoms with van der Waals surface area (Å²) >= 11 is 0. The fourth-order valence-electron chi connectivity index (χ4n) is 1.32. The maximum Gasteiger partial charge on any atom is 0.0682 e. The number of aryl methyl sites for hydroxylation is 1. The highest BCUT2D eigenvalue weighted by molar-refractivity contribution is 5.30. The van der Waals surface area contributed by atoms with Crippen LogP contribution in [0.4, 0.5) is 0 Å². The number of rotatable bonds is 3. The lowest BCUT2D eigenvalue weighted by molar-refractivity contribution is 0.281. The minimum Gasteiger partial charge on any atom is -0.392 e. The molecule has 0 aliphatic heterocycles. The van der Waals surface area contributed by atoms with E-state index in [1.165, 1.54) is 11.1 Å². The zero-order valence-corrected chi connectivity index (χ0v) is 8.79. The number of aliphatic hydroxyl groups is 1. The Morgan fingerprint density at radius 1 is 1.21 bits per heavy atom. The number of hydrogen-bond acceptors (Lipinski definition) is 1. The average Bonchev–Trinajstić information content (AvgIpc) is 2.20. The molecule has 0 heterocycles. The third-order valence-electron chi connectivity index (χ3n) is 1.76. The van der Waals surface area contributed by atoms with Gasteiger partial charge in [-0.25, -0.2) is 0 Å². The summed E-state index contributed by atoms with van der Waals surface area (Å²) in [6.07, 6.45) is 2.74. The molecule has 0 aromatic heterocycles. The van der Waals surface area contributed by atoms with Crippen molar-refractivity contribution in [3.05, 3.63) is 60.7 Å². The predicted molar refractivity (Wildman–Crippen MR) is 62.3 cm³/mol. The number of aliphatic hydroxyl groups excluding tert-OH is 1. The van der Waals surface area contributed by atoms with E-state index in [9.17, 15) is 0 Å². The van der Waals surface area contributed by atoms with E-state index in [0.29, 0.717) is 0 Å². The molecule has 0 amide bonds. The molecule has 1 rings (SSSR count). The van der Waals surface area contributed by atoms with Crippen LogP contribution in [0.1, 0.15) is 16.7 Å². The fraction of sp³-hybridized carbons (Fsp3) is 0.231. The Balaban J connectivity index is 0.000000791. The first-order chi connectivity index (χ1) is 6.76. The molecule has 0 radical (unpaired) electrons. The summed E-state index contributed by atoms with van der Waals surface area (Å²) in [5.74, 6) is 0. The van der Waals surface area contributed by atoms with Crippen molar-refractivity contribution in [3.8, 4) is 0 Å². The van der Waals surface area contributed by atoms with Crippen molar-refractivity contribution in [3.63, 3.8) is 0 Å². The topological polar surface area (TPSA) is 20.2 Å². The second-order valence-corrected chi connectivity index (χ2v) is 2.98. The van der Waals surface area contributed by atoms with E-state index in [1.807, 2.05) is 25.1 Å². The smallest absolute Gasteiger partial charge is 0.0682 e. The first kappa shape index (κ1) is 12.7. The third-order valence-corrected chi connectivity index (χ3v) is 1.76. The second kappa shape index (κ2) is 7.10. The lowest BCUT2D eigenvalue weighted by Crippen LogP contribution is -1.89. The van der Waals surface area contributed by atoms with E-state index in [2.05, 4.69) is 25.8 Å². The van der Waals surface area contributed by atoms with Crippen LogP contribution in [0.3, 0.4) is 0 Å². The van der Waals surface area contributed by atoms with Crippen LogP contribution < -0.4 is 0 Å². The zero-order chi connectivity index (χ0) is 11.0. The van der Waals surface area contributed by atoms with Crippen LogP contribution in [-0.2, 0) is 13.0 Å². The Morgan fingerprint density at radius 2 is 1.79 bits per heavy atom. The van der Waals surface area contributed by atoms with Crippen molar-refractivity contribution in [2.45, 2.75) is 20.0 Å². The van der Waals surface area contributed by atoms with Gasteiger partial charge in [-0.15, -0.1) is 19.7 Å². The summed E-state index contributed by atoms with van der Waals surface area (Å²) in [7, 11) is 0. The molecule has 0 saturated heterocycles.